The Morgan fingerprint density at radius 1 is 0.331 bits per heavy atom. The Kier molecular flexibility index (Phi) is 49.6. The lowest BCUT2D eigenvalue weighted by molar-refractivity contribution is -0.386. The van der Waals surface area contributed by atoms with Gasteiger partial charge in [0.15, 0.2) is 37.7 Å². The van der Waals surface area contributed by atoms with Gasteiger partial charge in [-0.3, -0.25) is 14.4 Å². The number of hydrogen-bond donors (Lipinski definition) is 21. The fourth-order valence-corrected chi connectivity index (χ4v) is 15.9. The highest BCUT2D eigenvalue weighted by atomic mass is 16.8. The van der Waals surface area contributed by atoms with Crippen molar-refractivity contribution in [3.63, 3.8) is 0 Å². The Balaban J connectivity index is 1.08. The van der Waals surface area contributed by atoms with E-state index in [9.17, 15) is 106 Å². The summed E-state index contributed by atoms with van der Waals surface area (Å²) in [6.07, 6.45) is -11.6. The molecule has 6 aliphatic rings. The molecule has 32 atom stereocenters. The maximum Gasteiger partial charge on any atom is 0.220 e. The molecule has 688 valence electrons. The summed E-state index contributed by atoms with van der Waals surface area (Å²) in [5, 5.41) is 208. The molecule has 3 amide bonds. The van der Waals surface area contributed by atoms with Crippen molar-refractivity contribution in [2.75, 3.05) is 46.2 Å². The number of nitrogens with one attached hydrogen (secondary N) is 3. The van der Waals surface area contributed by atoms with Crippen LogP contribution >= 0.6 is 0 Å². The first-order valence-electron chi connectivity index (χ1n) is 43.6. The molecule has 0 radical (unpaired) electrons. The summed E-state index contributed by atoms with van der Waals surface area (Å²) in [6.45, 7) is 0.0259. The lowest BCUT2D eigenvalue weighted by Crippen LogP contribution is -2.71. The number of carbonyl (C=O) groups is 3. The van der Waals surface area contributed by atoms with Gasteiger partial charge in [-0.05, 0) is 44.9 Å². The quantitative estimate of drug-likeness (QED) is 0.0274. The zero-order chi connectivity index (χ0) is 86.2. The summed E-state index contributed by atoms with van der Waals surface area (Å²) in [5.41, 5.74) is 0. The normalized spacial score (nSPS) is 36.0. The highest BCUT2D eigenvalue weighted by Gasteiger charge is 2.59. The van der Waals surface area contributed by atoms with Crippen LogP contribution < -0.4 is 16.0 Å². The van der Waals surface area contributed by atoms with Gasteiger partial charge in [-0.15, -0.1) is 0 Å². The number of unbranched alkanes of at least 4 members (excludes halogenated alkanes) is 28. The predicted octanol–water partition coefficient (Wildman–Crippen LogP) is -0.307. The van der Waals surface area contributed by atoms with Crippen LogP contribution in [0, 0.1) is 0 Å². The molecule has 0 spiro atoms. The van der Waals surface area contributed by atoms with Gasteiger partial charge in [0.05, 0.1) is 58.4 Å². The van der Waals surface area contributed by atoms with Crippen molar-refractivity contribution in [2.45, 2.75) is 429 Å². The first-order chi connectivity index (χ1) is 56.8. The zero-order valence-corrected chi connectivity index (χ0v) is 69.5. The fourth-order valence-electron chi connectivity index (χ4n) is 15.9. The van der Waals surface area contributed by atoms with Crippen molar-refractivity contribution >= 4 is 17.7 Å². The number of carbonyl (C=O) groups excluding carboxylic acids is 3. The van der Waals surface area contributed by atoms with Crippen molar-refractivity contribution in [1.82, 2.24) is 16.0 Å². The summed E-state index contributed by atoms with van der Waals surface area (Å²) >= 11 is 0. The van der Waals surface area contributed by atoms with E-state index in [1.165, 1.54) is 128 Å². The Hall–Kier alpha value is -3.31. The number of allylic oxidation sites excluding steroid dienone is 3. The summed E-state index contributed by atoms with van der Waals surface area (Å²) in [4.78, 5) is 39.5. The fraction of sp³-hybridized carbons (Fsp3) is 0.915. The van der Waals surface area contributed by atoms with E-state index in [2.05, 4.69) is 41.9 Å². The van der Waals surface area contributed by atoms with E-state index in [-0.39, 0.29) is 12.3 Å². The van der Waals surface area contributed by atoms with Crippen LogP contribution in [-0.2, 0) is 71.2 Å². The summed E-state index contributed by atoms with van der Waals surface area (Å²) in [5.74, 6) is -2.08. The molecule has 6 aliphatic heterocycles. The highest BCUT2D eigenvalue weighted by Crippen LogP contribution is 2.38. The summed E-state index contributed by atoms with van der Waals surface area (Å²) in [6, 6.07) is -4.71. The summed E-state index contributed by atoms with van der Waals surface area (Å²) in [7, 11) is 0. The Labute approximate surface area is 694 Å². The lowest BCUT2D eigenvalue weighted by Gasteiger charge is -2.51. The van der Waals surface area contributed by atoms with Gasteiger partial charge in [-0.25, -0.2) is 0 Å². The second-order valence-electron chi connectivity index (χ2n) is 32.4. The van der Waals surface area contributed by atoms with Crippen molar-refractivity contribution < 1.29 is 163 Å². The van der Waals surface area contributed by atoms with Crippen LogP contribution in [0.3, 0.4) is 0 Å². The van der Waals surface area contributed by atoms with E-state index < -0.39 is 254 Å². The molecule has 0 aromatic carbocycles. The second kappa shape index (κ2) is 56.6. The van der Waals surface area contributed by atoms with Crippen molar-refractivity contribution in [3.8, 4) is 0 Å². The standard InChI is InChI=1S/C82H147N3O33/c1-5-7-9-11-13-15-17-19-20-21-22-23-24-25-26-28-30-32-34-36-38-40-58(95)85-50(51(94)39-37-35-33-31-29-27-18-16-14-12-10-8-6-2)47-107-79-69(104)67(102)73(57(46-91)113-79)115-81-70(105)76(64(99)54(43-88)110-81)118-78-60(84-49(4)93)74(62(97)53(42-87)108-78)116-82-71(106)75(63(98)55(44-89)111-82)117-77-59(83-48(3)92)65(100)72(56(45-90)112-77)114-80-68(103)66(101)61(96)52(41-86)109-80/h19-20,37,39,50-57,59-82,86-91,94,96-106H,5-18,21-36,38,40-47H2,1-4H3,(H,83,92)(H,84,93)(H,85,95)/b20-19-,39-37+/t50-,51+,52?,53?,54?,55?,56?,57?,59?,60?,61-,62+,63-,64-,65+,66-,67+,68?,69?,70?,71?,72+,73+,74+,75-,76-,77-,78-,79+,80-,81-,82-/m0/s1. The average molecular weight is 1700 g/mol. The van der Waals surface area contributed by atoms with Gasteiger partial charge in [-0.2, -0.15) is 0 Å². The Bertz CT molecular complexity index is 2760. The molecule has 0 bridgehead atoms. The Morgan fingerprint density at radius 2 is 0.653 bits per heavy atom. The topological polar surface area (TPSA) is 562 Å². The molecule has 12 unspecified atom stereocenters. The molecule has 6 heterocycles. The van der Waals surface area contributed by atoms with Crippen LogP contribution in [0.1, 0.15) is 233 Å². The maximum atomic E-state index is 13.6. The minimum Gasteiger partial charge on any atom is -0.394 e. The van der Waals surface area contributed by atoms with Gasteiger partial charge in [-0.1, -0.05) is 192 Å². The first kappa shape index (κ1) is 103. The summed E-state index contributed by atoms with van der Waals surface area (Å²) < 4.78 is 71.1. The number of aliphatic hydroxyl groups is 18. The van der Waals surface area contributed by atoms with Crippen LogP contribution in [0.4, 0.5) is 0 Å². The Morgan fingerprint density at radius 3 is 1.08 bits per heavy atom. The van der Waals surface area contributed by atoms with Crippen LogP contribution in [0.2, 0.25) is 0 Å². The SMILES string of the molecule is CCCCCCCC/C=C\CCCCCCCCCCCCCC(=O)N[C@@H](CO[C@@H]1OC(CO)[C@@H](O[C@@H]2OC(CO)[C@H](O)[C@H](O[C@@H]3OC(CO)[C@@H](O)[C@H](O[C@@H]4OC(CO)[C@H](O)[C@H](O[C@@H]5OC(CO)[C@@H](O[C@@H]6OC(CO)[C@H](O)[C@H](O)C6O)[C@H](O)C5NC(C)=O)C4O)C3NC(C)=O)C2O)[C@H](O)C1O)[C@H](O)/C=C/CCCCCCCCCCCCC. The number of amides is 3. The van der Waals surface area contributed by atoms with Gasteiger partial charge in [0.25, 0.3) is 0 Å². The van der Waals surface area contributed by atoms with Gasteiger partial charge in [0, 0.05) is 20.3 Å². The molecule has 118 heavy (non-hydrogen) atoms. The molecule has 6 fully saturated rings. The van der Waals surface area contributed by atoms with Crippen molar-refractivity contribution in [3.05, 3.63) is 24.3 Å². The van der Waals surface area contributed by atoms with Gasteiger partial charge in [0.2, 0.25) is 17.7 Å². The third kappa shape index (κ3) is 32.6. The molecule has 21 N–H and O–H groups in total. The van der Waals surface area contributed by atoms with Crippen molar-refractivity contribution in [1.29, 1.82) is 0 Å². The van der Waals surface area contributed by atoms with E-state index in [1.807, 2.05) is 6.08 Å². The lowest BCUT2D eigenvalue weighted by atomic mass is 9.93. The monoisotopic (exact) mass is 1700 g/mol. The molecule has 0 saturated carbocycles. The minimum atomic E-state index is -2.29. The maximum absolute atomic E-state index is 13.6. The molecule has 36 nitrogen and oxygen atoms in total. The molecular weight excluding hydrogens is 1550 g/mol. The van der Waals surface area contributed by atoms with Gasteiger partial charge < -0.3 is 165 Å². The number of ether oxygens (including phenoxy) is 12. The van der Waals surface area contributed by atoms with E-state index >= 15 is 0 Å². The van der Waals surface area contributed by atoms with Crippen LogP contribution in [0.25, 0.3) is 0 Å². The molecule has 6 saturated heterocycles. The predicted molar refractivity (Wildman–Crippen MR) is 421 cm³/mol. The molecule has 0 aromatic rings. The smallest absolute Gasteiger partial charge is 0.220 e. The van der Waals surface area contributed by atoms with Crippen LogP contribution in [-0.4, -0.2) is 352 Å². The number of hydrogen-bond acceptors (Lipinski definition) is 33. The number of aliphatic hydroxyl groups excluding tert-OH is 18. The largest absolute Gasteiger partial charge is 0.394 e. The van der Waals surface area contributed by atoms with E-state index in [1.54, 1.807) is 6.08 Å². The highest BCUT2D eigenvalue weighted by molar-refractivity contribution is 5.76. The average Bonchev–Trinajstić information content (AvgIpc) is 0.766. The van der Waals surface area contributed by atoms with E-state index in [4.69, 9.17) is 56.8 Å². The van der Waals surface area contributed by atoms with Gasteiger partial charge in [0.1, 0.15) is 146 Å². The van der Waals surface area contributed by atoms with Crippen molar-refractivity contribution in [2.24, 2.45) is 0 Å². The van der Waals surface area contributed by atoms with E-state index in [0.717, 1.165) is 71.6 Å². The second-order valence-corrected chi connectivity index (χ2v) is 32.4. The van der Waals surface area contributed by atoms with Crippen LogP contribution in [0.5, 0.6) is 0 Å². The molecular formula is C82H147N3O33. The molecule has 36 heteroatoms. The third-order valence-electron chi connectivity index (χ3n) is 22.9. The van der Waals surface area contributed by atoms with Gasteiger partial charge >= 0.3 is 0 Å². The minimum absolute atomic E-state index is 0.167. The first-order valence-corrected chi connectivity index (χ1v) is 43.6. The zero-order valence-electron chi connectivity index (χ0n) is 69.5. The molecule has 0 aliphatic carbocycles. The van der Waals surface area contributed by atoms with Crippen LogP contribution in [0.15, 0.2) is 24.3 Å². The number of rotatable bonds is 57. The molecule has 6 rings (SSSR count). The third-order valence-corrected chi connectivity index (χ3v) is 22.9. The molecule has 0 aromatic heterocycles. The van der Waals surface area contributed by atoms with E-state index in [0.29, 0.717) is 12.8 Å².